The number of carboxylic acid groups (broad SMARTS) is 1. The molecule has 9 nitrogen and oxygen atoms in total. The number of hydrogen-bond acceptors (Lipinski definition) is 7. The van der Waals surface area contributed by atoms with Gasteiger partial charge < -0.3 is 10.4 Å². The van der Waals surface area contributed by atoms with Crippen LogP contribution in [0, 0.1) is 10.1 Å². The minimum Gasteiger partial charge on any atom is -0.481 e. The summed E-state index contributed by atoms with van der Waals surface area (Å²) in [6.45, 7) is 0. The van der Waals surface area contributed by atoms with Crippen molar-refractivity contribution in [3.8, 4) is 0 Å². The number of hydrogen-bond donors (Lipinski definition) is 4. The fourth-order valence-corrected chi connectivity index (χ4v) is 2.86. The summed E-state index contributed by atoms with van der Waals surface area (Å²) in [6.07, 6.45) is 0.112. The Morgan fingerprint density at radius 1 is 1.30 bits per heavy atom. The molecule has 1 aromatic rings. The van der Waals surface area contributed by atoms with Gasteiger partial charge in [0.25, 0.3) is 5.69 Å². The summed E-state index contributed by atoms with van der Waals surface area (Å²) < 4.78 is 0. The minimum atomic E-state index is -0.950. The molecule has 1 amide bonds. The summed E-state index contributed by atoms with van der Waals surface area (Å²) in [7, 11) is 0. The first kappa shape index (κ1) is 17.2. The highest BCUT2D eigenvalue weighted by Crippen LogP contribution is 2.19. The van der Waals surface area contributed by atoms with Crippen molar-refractivity contribution in [1.29, 1.82) is 0 Å². The molecule has 2 rings (SSSR count). The molecule has 10 heteroatoms. The largest absolute Gasteiger partial charge is 0.481 e. The van der Waals surface area contributed by atoms with Crippen LogP contribution in [0.4, 0.5) is 5.69 Å². The van der Waals surface area contributed by atoms with Crippen molar-refractivity contribution >= 4 is 29.3 Å². The maximum Gasteiger partial charge on any atom is 0.303 e. The van der Waals surface area contributed by atoms with E-state index in [1.807, 2.05) is 0 Å². The van der Waals surface area contributed by atoms with Crippen LogP contribution in [0.3, 0.4) is 0 Å². The summed E-state index contributed by atoms with van der Waals surface area (Å²) >= 11 is 1.40. The number of nitro groups is 1. The van der Waals surface area contributed by atoms with Gasteiger partial charge in [-0.25, -0.2) is 10.9 Å². The second-order valence-electron chi connectivity index (χ2n) is 4.90. The minimum absolute atomic E-state index is 0.0331. The molecule has 1 heterocycles. The van der Waals surface area contributed by atoms with E-state index < -0.39 is 16.9 Å². The lowest BCUT2D eigenvalue weighted by atomic mass is 10.1. The number of carbonyl (C=O) groups is 2. The fraction of sp³-hybridized carbons (Fsp3) is 0.385. The van der Waals surface area contributed by atoms with Gasteiger partial charge in [0, 0.05) is 24.3 Å². The Hall–Kier alpha value is -2.17. The molecule has 1 saturated heterocycles. The number of carboxylic acids is 1. The highest BCUT2D eigenvalue weighted by molar-refractivity contribution is 7.99. The topological polar surface area (TPSA) is 134 Å². The van der Waals surface area contributed by atoms with Crippen LogP contribution in [0.2, 0.25) is 0 Å². The molecule has 0 saturated carbocycles. The Balaban J connectivity index is 1.78. The zero-order valence-corrected chi connectivity index (χ0v) is 12.8. The van der Waals surface area contributed by atoms with Crippen molar-refractivity contribution in [3.05, 3.63) is 39.9 Å². The van der Waals surface area contributed by atoms with Crippen LogP contribution in [0.1, 0.15) is 18.4 Å². The van der Waals surface area contributed by atoms with Gasteiger partial charge in [-0.1, -0.05) is 12.1 Å². The first-order valence-corrected chi connectivity index (χ1v) is 7.89. The molecule has 1 fully saturated rings. The van der Waals surface area contributed by atoms with E-state index in [0.29, 0.717) is 5.75 Å². The quantitative estimate of drug-likeness (QED) is 0.418. The van der Waals surface area contributed by atoms with Crippen molar-refractivity contribution < 1.29 is 19.6 Å². The molecular formula is C13H16N4O5S. The second kappa shape index (κ2) is 7.90. The van der Waals surface area contributed by atoms with E-state index in [4.69, 9.17) is 5.11 Å². The number of nitrogens with zero attached hydrogens (tertiary/aromatic N) is 1. The Kier molecular flexibility index (Phi) is 5.90. The molecule has 4 N–H and O–H groups in total. The van der Waals surface area contributed by atoms with Crippen molar-refractivity contribution in [2.75, 3.05) is 0 Å². The Morgan fingerprint density at radius 3 is 2.57 bits per heavy atom. The monoisotopic (exact) mass is 340 g/mol. The van der Waals surface area contributed by atoms with Gasteiger partial charge in [-0.2, -0.15) is 0 Å². The number of amides is 1. The van der Waals surface area contributed by atoms with Gasteiger partial charge in [-0.3, -0.25) is 19.7 Å². The van der Waals surface area contributed by atoms with Crippen molar-refractivity contribution in [1.82, 2.24) is 16.2 Å². The molecule has 1 aromatic carbocycles. The normalized spacial score (nSPS) is 20.8. The first-order valence-electron chi connectivity index (χ1n) is 6.84. The highest BCUT2D eigenvalue weighted by atomic mass is 32.2. The Labute approximate surface area is 135 Å². The van der Waals surface area contributed by atoms with Crippen LogP contribution in [0.15, 0.2) is 24.3 Å². The smallest absolute Gasteiger partial charge is 0.303 e. The number of rotatable bonds is 7. The van der Waals surface area contributed by atoms with Crippen molar-refractivity contribution in [2.24, 2.45) is 0 Å². The third-order valence-electron chi connectivity index (χ3n) is 3.19. The van der Waals surface area contributed by atoms with Gasteiger partial charge in [-0.15, -0.1) is 11.8 Å². The van der Waals surface area contributed by atoms with Gasteiger partial charge in [0.05, 0.1) is 4.92 Å². The van der Waals surface area contributed by atoms with Crippen LogP contribution in [0.5, 0.6) is 0 Å². The Morgan fingerprint density at radius 2 is 2.00 bits per heavy atom. The summed E-state index contributed by atoms with van der Waals surface area (Å²) in [5.41, 5.74) is 6.27. The van der Waals surface area contributed by atoms with Crippen molar-refractivity contribution in [2.45, 2.75) is 30.1 Å². The molecule has 2 unspecified atom stereocenters. The van der Waals surface area contributed by atoms with Crippen molar-refractivity contribution in [3.63, 3.8) is 0 Å². The van der Waals surface area contributed by atoms with Crippen LogP contribution < -0.4 is 16.2 Å². The summed E-state index contributed by atoms with van der Waals surface area (Å²) in [4.78, 5) is 32.5. The van der Waals surface area contributed by atoms with Gasteiger partial charge >= 0.3 is 5.97 Å². The summed E-state index contributed by atoms with van der Waals surface area (Å²) in [5.74, 6) is -0.655. The number of aliphatic carboxylic acids is 1. The number of nitrogens with one attached hydrogen (secondary N) is 3. The van der Waals surface area contributed by atoms with Gasteiger partial charge in [0.15, 0.2) is 0 Å². The molecule has 0 aromatic heterocycles. The maximum absolute atomic E-state index is 11.9. The number of hydrazine groups is 1. The van der Waals surface area contributed by atoms with Crippen LogP contribution in [-0.4, -0.2) is 33.4 Å². The molecule has 2 atom stereocenters. The third kappa shape index (κ3) is 5.20. The predicted molar refractivity (Wildman–Crippen MR) is 83.3 cm³/mol. The molecule has 0 radical (unpaired) electrons. The lowest BCUT2D eigenvalue weighted by Gasteiger charge is -2.30. The second-order valence-corrected chi connectivity index (χ2v) is 5.99. The van der Waals surface area contributed by atoms with Crippen LogP contribution in [0.25, 0.3) is 0 Å². The number of carbonyl (C=O) groups excluding carboxylic acids is 1. The average molecular weight is 340 g/mol. The van der Waals surface area contributed by atoms with E-state index in [2.05, 4.69) is 16.2 Å². The average Bonchev–Trinajstić information content (AvgIpc) is 2.52. The number of nitro benzene ring substituents is 1. The van der Waals surface area contributed by atoms with E-state index >= 15 is 0 Å². The first-order chi connectivity index (χ1) is 11.0. The fourth-order valence-electron chi connectivity index (χ4n) is 1.96. The van der Waals surface area contributed by atoms with E-state index in [1.165, 1.54) is 23.9 Å². The van der Waals surface area contributed by atoms with E-state index in [9.17, 15) is 19.7 Å². The molecular weight excluding hydrogens is 324 g/mol. The number of non-ortho nitro benzene ring substituents is 1. The summed E-state index contributed by atoms with van der Waals surface area (Å²) in [6, 6.07) is 5.62. The predicted octanol–water partition coefficient (Wildman–Crippen LogP) is 0.569. The molecule has 0 bridgehead atoms. The molecule has 0 spiro atoms. The maximum atomic E-state index is 11.9. The molecule has 23 heavy (non-hydrogen) atoms. The Bertz CT molecular complexity index is 595. The van der Waals surface area contributed by atoms with E-state index in [0.717, 1.165) is 5.56 Å². The van der Waals surface area contributed by atoms with Gasteiger partial charge in [0.1, 0.15) is 11.5 Å². The summed E-state index contributed by atoms with van der Waals surface area (Å²) in [5, 5.41) is 21.9. The van der Waals surface area contributed by atoms with E-state index in [-0.39, 0.29) is 29.9 Å². The van der Waals surface area contributed by atoms with Crippen LogP contribution >= 0.6 is 11.8 Å². The molecule has 1 aliphatic rings. The zero-order valence-electron chi connectivity index (χ0n) is 12.0. The number of thioether (sulfide) groups is 1. The molecule has 0 aliphatic carbocycles. The van der Waals surface area contributed by atoms with Crippen LogP contribution in [-0.2, 0) is 15.3 Å². The van der Waals surface area contributed by atoms with Gasteiger partial charge in [-0.05, 0) is 12.0 Å². The number of benzene rings is 1. The molecule has 1 aliphatic heterocycles. The lowest BCUT2D eigenvalue weighted by molar-refractivity contribution is -0.384. The highest BCUT2D eigenvalue weighted by Gasteiger charge is 2.27. The standard InChI is InChI=1S/C13H16N4O5S/c18-11(19)6-5-10-12(20)14-13(16-15-10)23-7-8-1-3-9(4-2-8)17(21)22/h1-4,10,13,15-16H,5-7H2,(H,14,20)(H,18,19). The lowest BCUT2D eigenvalue weighted by Crippen LogP contribution is -2.64. The third-order valence-corrected chi connectivity index (χ3v) is 4.26. The molecule has 124 valence electrons. The van der Waals surface area contributed by atoms with E-state index in [1.54, 1.807) is 12.1 Å². The van der Waals surface area contributed by atoms with Gasteiger partial charge in [0.2, 0.25) is 5.91 Å². The SMILES string of the molecule is O=C(O)CCC1NNC(SCc2ccc([N+](=O)[O-])cc2)NC1=O. The zero-order chi connectivity index (χ0) is 16.8.